The minimum absolute atomic E-state index is 0.205. The summed E-state index contributed by atoms with van der Waals surface area (Å²) < 4.78 is 4.72. The average Bonchev–Trinajstić information content (AvgIpc) is 2.05. The van der Waals surface area contributed by atoms with E-state index in [0.717, 1.165) is 25.7 Å². The smallest absolute Gasteiger partial charge is 0.158 e. The molecule has 0 amide bonds. The van der Waals surface area contributed by atoms with Crippen molar-refractivity contribution in [3.8, 4) is 0 Å². The van der Waals surface area contributed by atoms with Gasteiger partial charge in [-0.2, -0.15) is 0 Å². The second-order valence-electron chi connectivity index (χ2n) is 2.86. The van der Waals surface area contributed by atoms with Crippen LogP contribution in [0.5, 0.6) is 0 Å². The summed E-state index contributed by atoms with van der Waals surface area (Å²) in [7, 11) is 1.55. The number of hydrogen-bond donors (Lipinski definition) is 0. The molecular formula is C10H18O2. The zero-order valence-corrected chi connectivity index (χ0v) is 7.84. The van der Waals surface area contributed by atoms with Crippen LogP contribution in [0.3, 0.4) is 0 Å². The molecular weight excluding hydrogens is 152 g/mol. The summed E-state index contributed by atoms with van der Waals surface area (Å²) in [6, 6.07) is 0. The maximum absolute atomic E-state index is 10.9. The SMILES string of the molecule is C=CCCCCCC(=O)COC. The van der Waals surface area contributed by atoms with Gasteiger partial charge in [-0.15, -0.1) is 6.58 Å². The van der Waals surface area contributed by atoms with Crippen LogP contribution in [0.2, 0.25) is 0 Å². The second-order valence-corrected chi connectivity index (χ2v) is 2.86. The molecule has 0 aromatic rings. The summed E-state index contributed by atoms with van der Waals surface area (Å²) in [6.45, 7) is 3.90. The summed E-state index contributed by atoms with van der Waals surface area (Å²) in [5.74, 6) is 0.205. The monoisotopic (exact) mass is 170 g/mol. The van der Waals surface area contributed by atoms with Crippen molar-refractivity contribution in [2.45, 2.75) is 32.1 Å². The number of carbonyl (C=O) groups excluding carboxylic acids is 1. The molecule has 0 aliphatic rings. The van der Waals surface area contributed by atoms with E-state index >= 15 is 0 Å². The molecule has 0 N–H and O–H groups in total. The predicted molar refractivity (Wildman–Crippen MR) is 50.2 cm³/mol. The molecule has 0 heterocycles. The number of ketones is 1. The van der Waals surface area contributed by atoms with Gasteiger partial charge in [-0.05, 0) is 19.3 Å². The van der Waals surface area contributed by atoms with Gasteiger partial charge in [0.1, 0.15) is 6.61 Å². The van der Waals surface area contributed by atoms with Gasteiger partial charge < -0.3 is 4.74 Å². The lowest BCUT2D eigenvalue weighted by Gasteiger charge is -1.98. The van der Waals surface area contributed by atoms with Crippen LogP contribution in [0.25, 0.3) is 0 Å². The molecule has 0 bridgehead atoms. The number of methoxy groups -OCH3 is 1. The van der Waals surface area contributed by atoms with Crippen LogP contribution in [0.15, 0.2) is 12.7 Å². The Morgan fingerprint density at radius 2 is 2.17 bits per heavy atom. The topological polar surface area (TPSA) is 26.3 Å². The molecule has 2 nitrogen and oxygen atoms in total. The molecule has 0 saturated carbocycles. The van der Waals surface area contributed by atoms with Crippen LogP contribution in [-0.4, -0.2) is 19.5 Å². The lowest BCUT2D eigenvalue weighted by Crippen LogP contribution is -2.05. The molecule has 70 valence electrons. The molecule has 0 radical (unpaired) electrons. The summed E-state index contributed by atoms with van der Waals surface area (Å²) in [6.07, 6.45) is 6.86. The molecule has 0 atom stereocenters. The van der Waals surface area contributed by atoms with E-state index < -0.39 is 0 Å². The van der Waals surface area contributed by atoms with Crippen LogP contribution in [0.1, 0.15) is 32.1 Å². The van der Waals surface area contributed by atoms with Gasteiger partial charge in [0.25, 0.3) is 0 Å². The minimum atomic E-state index is 0.205. The zero-order valence-electron chi connectivity index (χ0n) is 7.84. The van der Waals surface area contributed by atoms with Crippen molar-refractivity contribution >= 4 is 5.78 Å². The normalized spacial score (nSPS) is 9.75. The fraction of sp³-hybridized carbons (Fsp3) is 0.700. The summed E-state index contributed by atoms with van der Waals surface area (Å²) >= 11 is 0. The molecule has 0 saturated heterocycles. The Balaban J connectivity index is 3.08. The Bertz CT molecular complexity index is 130. The molecule has 0 rings (SSSR count). The quantitative estimate of drug-likeness (QED) is 0.413. The van der Waals surface area contributed by atoms with Gasteiger partial charge in [0.15, 0.2) is 5.78 Å². The molecule has 0 aliphatic heterocycles. The second kappa shape index (κ2) is 8.47. The molecule has 0 aromatic heterocycles. The Hall–Kier alpha value is -0.630. The van der Waals surface area contributed by atoms with E-state index in [1.807, 2.05) is 6.08 Å². The van der Waals surface area contributed by atoms with E-state index in [0.29, 0.717) is 6.42 Å². The van der Waals surface area contributed by atoms with Crippen LogP contribution < -0.4 is 0 Å². The number of carbonyl (C=O) groups is 1. The fourth-order valence-electron chi connectivity index (χ4n) is 1.02. The highest BCUT2D eigenvalue weighted by Crippen LogP contribution is 2.03. The van der Waals surface area contributed by atoms with Gasteiger partial charge in [0.05, 0.1) is 0 Å². The Morgan fingerprint density at radius 1 is 1.42 bits per heavy atom. The maximum atomic E-state index is 10.9. The number of Topliss-reactive ketones (excluding diaryl/α,β-unsaturated/α-hetero) is 1. The Morgan fingerprint density at radius 3 is 2.75 bits per heavy atom. The predicted octanol–water partition coefficient (Wildman–Crippen LogP) is 2.34. The lowest BCUT2D eigenvalue weighted by molar-refractivity contribution is -0.122. The highest BCUT2D eigenvalue weighted by Gasteiger charge is 1.99. The first-order chi connectivity index (χ1) is 5.81. The van der Waals surface area contributed by atoms with Crippen LogP contribution >= 0.6 is 0 Å². The third-order valence-corrected chi connectivity index (χ3v) is 1.67. The highest BCUT2D eigenvalue weighted by molar-refractivity contribution is 5.79. The van der Waals surface area contributed by atoms with Crippen molar-refractivity contribution in [3.63, 3.8) is 0 Å². The minimum Gasteiger partial charge on any atom is -0.377 e. The van der Waals surface area contributed by atoms with Crippen molar-refractivity contribution in [2.24, 2.45) is 0 Å². The Labute approximate surface area is 74.6 Å². The van der Waals surface area contributed by atoms with Crippen molar-refractivity contribution in [1.82, 2.24) is 0 Å². The summed E-state index contributed by atoms with van der Waals surface area (Å²) in [5.41, 5.74) is 0. The third-order valence-electron chi connectivity index (χ3n) is 1.67. The average molecular weight is 170 g/mol. The highest BCUT2D eigenvalue weighted by atomic mass is 16.5. The van der Waals surface area contributed by atoms with E-state index in [-0.39, 0.29) is 12.4 Å². The van der Waals surface area contributed by atoms with Crippen molar-refractivity contribution in [3.05, 3.63) is 12.7 Å². The van der Waals surface area contributed by atoms with Gasteiger partial charge in [-0.1, -0.05) is 12.5 Å². The standard InChI is InChI=1S/C10H18O2/c1-3-4-5-6-7-8-10(11)9-12-2/h3H,1,4-9H2,2H3. The Kier molecular flexibility index (Phi) is 8.02. The lowest BCUT2D eigenvalue weighted by atomic mass is 10.1. The summed E-state index contributed by atoms with van der Waals surface area (Å²) in [4.78, 5) is 10.9. The van der Waals surface area contributed by atoms with Crippen LogP contribution in [0.4, 0.5) is 0 Å². The number of allylic oxidation sites excluding steroid dienone is 1. The van der Waals surface area contributed by atoms with Gasteiger partial charge in [0.2, 0.25) is 0 Å². The number of unbranched alkanes of at least 4 members (excludes halogenated alkanes) is 3. The summed E-state index contributed by atoms with van der Waals surface area (Å²) in [5, 5.41) is 0. The molecule has 2 heteroatoms. The van der Waals surface area contributed by atoms with E-state index in [1.165, 1.54) is 0 Å². The van der Waals surface area contributed by atoms with Crippen molar-refractivity contribution in [1.29, 1.82) is 0 Å². The molecule has 0 spiro atoms. The van der Waals surface area contributed by atoms with E-state index in [9.17, 15) is 4.79 Å². The molecule has 0 fully saturated rings. The largest absolute Gasteiger partial charge is 0.377 e. The van der Waals surface area contributed by atoms with E-state index in [2.05, 4.69) is 6.58 Å². The van der Waals surface area contributed by atoms with Gasteiger partial charge in [-0.3, -0.25) is 4.79 Å². The van der Waals surface area contributed by atoms with Crippen LogP contribution in [-0.2, 0) is 9.53 Å². The first-order valence-corrected chi connectivity index (χ1v) is 4.42. The molecule has 0 aliphatic carbocycles. The first-order valence-electron chi connectivity index (χ1n) is 4.42. The number of ether oxygens (including phenoxy) is 1. The molecule has 12 heavy (non-hydrogen) atoms. The molecule has 0 aromatic carbocycles. The van der Waals surface area contributed by atoms with Crippen LogP contribution in [0, 0.1) is 0 Å². The van der Waals surface area contributed by atoms with Gasteiger partial charge in [-0.25, -0.2) is 0 Å². The maximum Gasteiger partial charge on any atom is 0.158 e. The van der Waals surface area contributed by atoms with Gasteiger partial charge in [0, 0.05) is 13.5 Å². The van der Waals surface area contributed by atoms with Crippen molar-refractivity contribution < 1.29 is 9.53 Å². The van der Waals surface area contributed by atoms with E-state index in [1.54, 1.807) is 7.11 Å². The third kappa shape index (κ3) is 7.48. The zero-order chi connectivity index (χ0) is 9.23. The number of hydrogen-bond acceptors (Lipinski definition) is 2. The number of rotatable bonds is 8. The van der Waals surface area contributed by atoms with E-state index in [4.69, 9.17) is 4.74 Å². The van der Waals surface area contributed by atoms with Crippen molar-refractivity contribution in [2.75, 3.05) is 13.7 Å². The van der Waals surface area contributed by atoms with Gasteiger partial charge >= 0.3 is 0 Å². The molecule has 0 unspecified atom stereocenters. The fourth-order valence-corrected chi connectivity index (χ4v) is 1.02. The first kappa shape index (κ1) is 11.4.